The van der Waals surface area contributed by atoms with Crippen LogP contribution < -0.4 is 10.6 Å². The average molecular weight is 159 g/mol. The minimum atomic E-state index is 1.04. The van der Waals surface area contributed by atoms with Gasteiger partial charge in [0.25, 0.3) is 0 Å². The Kier molecular flexibility index (Phi) is 2.70. The van der Waals surface area contributed by atoms with E-state index in [2.05, 4.69) is 30.3 Å². The maximum atomic E-state index is 3.69. The van der Waals surface area contributed by atoms with Gasteiger partial charge >= 0.3 is 0 Å². The number of hydrogen-bond donors (Lipinski definition) is 1. The van der Waals surface area contributed by atoms with Gasteiger partial charge in [-0.25, -0.2) is 0 Å². The van der Waals surface area contributed by atoms with E-state index in [0.717, 1.165) is 11.0 Å². The van der Waals surface area contributed by atoms with E-state index in [0.29, 0.717) is 0 Å². The molecule has 62 valence electrons. The third-order valence-corrected chi connectivity index (χ3v) is 1.72. The van der Waals surface area contributed by atoms with E-state index in [4.69, 9.17) is 0 Å². The van der Waals surface area contributed by atoms with E-state index < -0.39 is 0 Å². The minimum Gasteiger partial charge on any atom is -0.355 e. The fraction of sp³-hybridized carbons (Fsp3) is 0.0909. The molecule has 0 fully saturated rings. The SMILES string of the molecule is C=C/C=c1/[nH]c(C=C)c/c1=C/C. The van der Waals surface area contributed by atoms with Gasteiger partial charge in [-0.3, -0.25) is 0 Å². The summed E-state index contributed by atoms with van der Waals surface area (Å²) in [6.45, 7) is 9.36. The quantitative estimate of drug-likeness (QED) is 0.672. The number of H-pyrrole nitrogens is 1. The van der Waals surface area contributed by atoms with Crippen molar-refractivity contribution in [2.45, 2.75) is 6.92 Å². The van der Waals surface area contributed by atoms with Crippen molar-refractivity contribution >= 4 is 18.2 Å². The van der Waals surface area contributed by atoms with Crippen LogP contribution in [0.15, 0.2) is 25.3 Å². The van der Waals surface area contributed by atoms with Crippen molar-refractivity contribution in [1.29, 1.82) is 0 Å². The van der Waals surface area contributed by atoms with Crippen LogP contribution in [0.25, 0.3) is 18.2 Å². The van der Waals surface area contributed by atoms with Crippen LogP contribution in [0.2, 0.25) is 0 Å². The van der Waals surface area contributed by atoms with Crippen molar-refractivity contribution in [3.05, 3.63) is 41.6 Å². The van der Waals surface area contributed by atoms with Crippen LogP contribution in [0, 0.1) is 0 Å². The van der Waals surface area contributed by atoms with Gasteiger partial charge in [-0.1, -0.05) is 25.3 Å². The summed E-state index contributed by atoms with van der Waals surface area (Å²) in [6.07, 6.45) is 7.57. The number of nitrogens with one attached hydrogen (secondary N) is 1. The highest BCUT2D eigenvalue weighted by Crippen LogP contribution is 1.86. The summed E-state index contributed by atoms with van der Waals surface area (Å²) >= 11 is 0. The molecule has 1 N–H and O–H groups in total. The molecule has 1 heterocycles. The van der Waals surface area contributed by atoms with E-state index >= 15 is 0 Å². The van der Waals surface area contributed by atoms with E-state index in [1.807, 2.05) is 13.0 Å². The summed E-state index contributed by atoms with van der Waals surface area (Å²) in [4.78, 5) is 3.21. The lowest BCUT2D eigenvalue weighted by Gasteiger charge is -1.78. The van der Waals surface area contributed by atoms with Gasteiger partial charge in [0.1, 0.15) is 0 Å². The maximum absolute atomic E-state index is 3.69. The molecule has 1 nitrogen and oxygen atoms in total. The van der Waals surface area contributed by atoms with Crippen molar-refractivity contribution < 1.29 is 0 Å². The predicted octanol–water partition coefficient (Wildman–Crippen LogP) is 1.42. The summed E-state index contributed by atoms with van der Waals surface area (Å²) in [5.74, 6) is 0. The smallest absolute Gasteiger partial charge is 0.0455 e. The number of aromatic amines is 1. The van der Waals surface area contributed by atoms with Gasteiger partial charge < -0.3 is 4.98 Å². The molecule has 12 heavy (non-hydrogen) atoms. The first-order chi connectivity index (χ1) is 5.81. The van der Waals surface area contributed by atoms with Crippen molar-refractivity contribution in [2.75, 3.05) is 0 Å². The van der Waals surface area contributed by atoms with E-state index in [9.17, 15) is 0 Å². The molecule has 0 saturated carbocycles. The molecule has 1 aromatic rings. The Morgan fingerprint density at radius 3 is 2.67 bits per heavy atom. The van der Waals surface area contributed by atoms with Gasteiger partial charge in [0, 0.05) is 11.0 Å². The van der Waals surface area contributed by atoms with Crippen LogP contribution >= 0.6 is 0 Å². The first-order valence-electron chi connectivity index (χ1n) is 3.92. The van der Waals surface area contributed by atoms with Gasteiger partial charge in [-0.05, 0) is 30.4 Å². The normalized spacial score (nSPS) is 13.4. The van der Waals surface area contributed by atoms with E-state index in [-0.39, 0.29) is 0 Å². The largest absolute Gasteiger partial charge is 0.355 e. The molecule has 0 aliphatic carbocycles. The number of hydrogen-bond acceptors (Lipinski definition) is 0. The molecule has 0 spiro atoms. The average Bonchev–Trinajstić information content (AvgIpc) is 2.48. The van der Waals surface area contributed by atoms with Crippen LogP contribution in [0.4, 0.5) is 0 Å². The number of allylic oxidation sites excluding steroid dienone is 1. The second kappa shape index (κ2) is 3.77. The van der Waals surface area contributed by atoms with Gasteiger partial charge in [0.05, 0.1) is 0 Å². The predicted molar refractivity (Wildman–Crippen MR) is 54.9 cm³/mol. The minimum absolute atomic E-state index is 1.04. The standard InChI is InChI=1S/C11H13N/c1-4-7-11-9(5-2)8-10(6-3)12-11/h4-8,12H,1,3H2,2H3/b9-5-,11-7+. The lowest BCUT2D eigenvalue weighted by molar-refractivity contribution is 1.29. The fourth-order valence-corrected chi connectivity index (χ4v) is 1.11. The van der Waals surface area contributed by atoms with E-state index in [1.165, 1.54) is 5.22 Å². The van der Waals surface area contributed by atoms with Crippen molar-refractivity contribution in [3.8, 4) is 0 Å². The molecule has 1 aromatic heterocycles. The summed E-state index contributed by atoms with van der Waals surface area (Å²) in [7, 11) is 0. The van der Waals surface area contributed by atoms with Crippen LogP contribution in [-0.2, 0) is 0 Å². The molecule has 0 atom stereocenters. The van der Waals surface area contributed by atoms with Crippen LogP contribution in [0.5, 0.6) is 0 Å². The number of rotatable bonds is 2. The fourth-order valence-electron chi connectivity index (χ4n) is 1.11. The van der Waals surface area contributed by atoms with Gasteiger partial charge in [0.15, 0.2) is 0 Å². The molecule has 1 rings (SSSR count). The number of aromatic nitrogens is 1. The third kappa shape index (κ3) is 1.56. The Labute approximate surface area is 72.4 Å². The second-order valence-corrected chi connectivity index (χ2v) is 2.49. The third-order valence-electron chi connectivity index (χ3n) is 1.72. The molecule has 0 aliphatic rings. The topological polar surface area (TPSA) is 15.8 Å². The molecule has 0 aliphatic heterocycles. The molecular formula is C11H13N. The lowest BCUT2D eigenvalue weighted by Crippen LogP contribution is -2.20. The maximum Gasteiger partial charge on any atom is 0.0455 e. The van der Waals surface area contributed by atoms with E-state index in [1.54, 1.807) is 12.2 Å². The molecule has 0 unspecified atom stereocenters. The van der Waals surface area contributed by atoms with Crippen molar-refractivity contribution in [1.82, 2.24) is 4.98 Å². The molecule has 0 bridgehead atoms. The summed E-state index contributed by atoms with van der Waals surface area (Å²) in [6, 6.07) is 2.06. The Morgan fingerprint density at radius 2 is 2.17 bits per heavy atom. The molecule has 0 aromatic carbocycles. The molecule has 0 saturated heterocycles. The van der Waals surface area contributed by atoms with Gasteiger partial charge in [-0.15, -0.1) is 0 Å². The first kappa shape index (κ1) is 8.60. The second-order valence-electron chi connectivity index (χ2n) is 2.49. The Balaban J connectivity index is 3.47. The van der Waals surface area contributed by atoms with Gasteiger partial charge in [-0.2, -0.15) is 0 Å². The molecule has 0 amide bonds. The zero-order valence-electron chi connectivity index (χ0n) is 7.30. The molecule has 1 heteroatoms. The zero-order valence-corrected chi connectivity index (χ0v) is 7.30. The Bertz CT molecular complexity index is 393. The summed E-state index contributed by atoms with van der Waals surface area (Å²) in [5, 5.41) is 2.27. The highest BCUT2D eigenvalue weighted by atomic mass is 14.7. The summed E-state index contributed by atoms with van der Waals surface area (Å²) < 4.78 is 0. The highest BCUT2D eigenvalue weighted by Gasteiger charge is 1.88. The van der Waals surface area contributed by atoms with Crippen molar-refractivity contribution in [2.24, 2.45) is 0 Å². The zero-order chi connectivity index (χ0) is 8.97. The lowest BCUT2D eigenvalue weighted by atomic mass is 10.3. The Morgan fingerprint density at radius 1 is 1.42 bits per heavy atom. The molecular weight excluding hydrogens is 146 g/mol. The Hall–Kier alpha value is -1.50. The van der Waals surface area contributed by atoms with Gasteiger partial charge in [0.2, 0.25) is 0 Å². The molecule has 0 radical (unpaired) electrons. The van der Waals surface area contributed by atoms with Crippen molar-refractivity contribution in [3.63, 3.8) is 0 Å². The first-order valence-corrected chi connectivity index (χ1v) is 3.92. The summed E-state index contributed by atoms with van der Waals surface area (Å²) in [5.41, 5.74) is 1.04. The van der Waals surface area contributed by atoms with Crippen LogP contribution in [0.1, 0.15) is 12.6 Å². The highest BCUT2D eigenvalue weighted by molar-refractivity contribution is 5.46. The van der Waals surface area contributed by atoms with Crippen LogP contribution in [0.3, 0.4) is 0 Å². The van der Waals surface area contributed by atoms with Crippen LogP contribution in [-0.4, -0.2) is 4.98 Å². The monoisotopic (exact) mass is 159 g/mol.